The van der Waals surface area contributed by atoms with Gasteiger partial charge in [0.15, 0.2) is 11.5 Å². The number of methoxy groups -OCH3 is 4. The molecule has 0 saturated carbocycles. The molecule has 2 aromatic rings. The molecule has 0 atom stereocenters. The second-order valence-corrected chi connectivity index (χ2v) is 5.30. The van der Waals surface area contributed by atoms with Crippen molar-refractivity contribution in [3.63, 3.8) is 0 Å². The van der Waals surface area contributed by atoms with E-state index < -0.39 is 16.4 Å². The van der Waals surface area contributed by atoms with Gasteiger partial charge in [0.1, 0.15) is 11.5 Å². The number of rotatable bonds is 8. The van der Waals surface area contributed by atoms with Crippen molar-refractivity contribution < 1.29 is 28.7 Å². The molecule has 2 rings (SSSR count). The van der Waals surface area contributed by atoms with Gasteiger partial charge in [0.25, 0.3) is 5.78 Å². The summed E-state index contributed by atoms with van der Waals surface area (Å²) in [6, 6.07) is 9.17. The summed E-state index contributed by atoms with van der Waals surface area (Å²) in [5.74, 6) is 0.729. The predicted octanol–water partition coefficient (Wildman–Crippen LogP) is 3.22. The average Bonchev–Trinajstić information content (AvgIpc) is 2.70. The summed E-state index contributed by atoms with van der Waals surface area (Å²) < 4.78 is 20.6. The first-order valence-corrected chi connectivity index (χ1v) is 7.80. The molecule has 0 heterocycles. The average molecular weight is 373 g/mol. The van der Waals surface area contributed by atoms with Crippen LogP contribution in [-0.4, -0.2) is 39.1 Å². The van der Waals surface area contributed by atoms with Crippen molar-refractivity contribution in [1.82, 2.24) is 0 Å². The van der Waals surface area contributed by atoms with Gasteiger partial charge in [-0.1, -0.05) is 6.07 Å². The van der Waals surface area contributed by atoms with Crippen molar-refractivity contribution in [2.45, 2.75) is 0 Å². The molecule has 0 aliphatic carbocycles. The quantitative estimate of drug-likeness (QED) is 0.303. The van der Waals surface area contributed by atoms with Gasteiger partial charge >= 0.3 is 5.70 Å². The van der Waals surface area contributed by atoms with Gasteiger partial charge < -0.3 is 18.9 Å². The highest BCUT2D eigenvalue weighted by atomic mass is 16.6. The Morgan fingerprint density at radius 3 is 2.11 bits per heavy atom. The number of allylic oxidation sites excluding steroid dienone is 1. The summed E-state index contributed by atoms with van der Waals surface area (Å²) in [6.45, 7) is 0. The Hall–Kier alpha value is -3.55. The fourth-order valence-corrected chi connectivity index (χ4v) is 2.43. The molecule has 0 aromatic heterocycles. The van der Waals surface area contributed by atoms with Gasteiger partial charge in [-0.25, -0.2) is 0 Å². The third kappa shape index (κ3) is 4.35. The zero-order valence-electron chi connectivity index (χ0n) is 15.3. The highest BCUT2D eigenvalue weighted by molar-refractivity contribution is 6.11. The van der Waals surface area contributed by atoms with Crippen LogP contribution in [0.1, 0.15) is 15.9 Å². The fourth-order valence-electron chi connectivity index (χ4n) is 2.43. The summed E-state index contributed by atoms with van der Waals surface area (Å²) in [5, 5.41) is 11.5. The van der Waals surface area contributed by atoms with Crippen LogP contribution >= 0.6 is 0 Å². The number of carbonyl (C=O) groups is 1. The standard InChI is InChI=1S/C19H19NO7/c1-24-13-6-7-14(17(11-13)26-3)19(21)15(20(22)23)9-12-5-8-16(25-2)18(10-12)27-4/h5-11H,1-4H3/b15-9+. The summed E-state index contributed by atoms with van der Waals surface area (Å²) >= 11 is 0. The van der Waals surface area contributed by atoms with E-state index >= 15 is 0 Å². The van der Waals surface area contributed by atoms with Crippen LogP contribution in [0.15, 0.2) is 42.1 Å². The third-order valence-electron chi connectivity index (χ3n) is 3.79. The van der Waals surface area contributed by atoms with E-state index in [-0.39, 0.29) is 11.3 Å². The fraction of sp³-hybridized carbons (Fsp3) is 0.211. The molecule has 8 heteroatoms. The lowest BCUT2D eigenvalue weighted by molar-refractivity contribution is -0.415. The molecule has 142 valence electrons. The Kier molecular flexibility index (Phi) is 6.37. The van der Waals surface area contributed by atoms with Crippen LogP contribution in [0.3, 0.4) is 0 Å². The van der Waals surface area contributed by atoms with Crippen LogP contribution < -0.4 is 18.9 Å². The van der Waals surface area contributed by atoms with Gasteiger partial charge in [-0.3, -0.25) is 14.9 Å². The first-order chi connectivity index (χ1) is 12.9. The molecule has 0 spiro atoms. The van der Waals surface area contributed by atoms with Crippen molar-refractivity contribution in [2.24, 2.45) is 0 Å². The Labute approximate surface area is 156 Å². The second kappa shape index (κ2) is 8.70. The molecule has 8 nitrogen and oxygen atoms in total. The van der Waals surface area contributed by atoms with Crippen molar-refractivity contribution in [3.05, 3.63) is 63.3 Å². The van der Waals surface area contributed by atoms with E-state index in [1.54, 1.807) is 18.2 Å². The van der Waals surface area contributed by atoms with Crippen molar-refractivity contribution in [1.29, 1.82) is 0 Å². The third-order valence-corrected chi connectivity index (χ3v) is 3.79. The van der Waals surface area contributed by atoms with Gasteiger partial charge in [-0.05, 0) is 29.8 Å². The van der Waals surface area contributed by atoms with Crippen molar-refractivity contribution in [3.8, 4) is 23.0 Å². The molecule has 0 bridgehead atoms. The first kappa shape index (κ1) is 19.8. The Bertz CT molecular complexity index is 890. The second-order valence-electron chi connectivity index (χ2n) is 5.30. The number of carbonyl (C=O) groups excluding carboxylic acids is 1. The van der Waals surface area contributed by atoms with Crippen LogP contribution in [-0.2, 0) is 0 Å². The van der Waals surface area contributed by atoms with Crippen LogP contribution in [0.2, 0.25) is 0 Å². The summed E-state index contributed by atoms with van der Waals surface area (Å²) in [4.78, 5) is 23.5. The van der Waals surface area contributed by atoms with Crippen LogP contribution in [0.4, 0.5) is 0 Å². The lowest BCUT2D eigenvalue weighted by Crippen LogP contribution is -2.13. The van der Waals surface area contributed by atoms with E-state index in [0.29, 0.717) is 22.8 Å². The number of Topliss-reactive ketones (excluding diaryl/α,β-unsaturated/α-hetero) is 1. The number of hydrogen-bond donors (Lipinski definition) is 0. The SMILES string of the molecule is COc1ccc(C(=O)/C(=C\c2ccc(OC)c(OC)c2)[N+](=O)[O-])c(OC)c1. The van der Waals surface area contributed by atoms with Crippen molar-refractivity contribution in [2.75, 3.05) is 28.4 Å². The summed E-state index contributed by atoms with van der Waals surface area (Å²) in [5.41, 5.74) is -0.132. The Morgan fingerprint density at radius 2 is 1.56 bits per heavy atom. The van der Waals surface area contributed by atoms with Gasteiger partial charge in [-0.2, -0.15) is 0 Å². The molecule has 27 heavy (non-hydrogen) atoms. The molecule has 0 saturated heterocycles. The topological polar surface area (TPSA) is 97.1 Å². The molecule has 0 amide bonds. The molecule has 0 fully saturated rings. The summed E-state index contributed by atoms with van der Waals surface area (Å²) in [7, 11) is 5.77. The molecule has 0 N–H and O–H groups in total. The molecule has 0 aliphatic rings. The number of benzene rings is 2. The van der Waals surface area contributed by atoms with Gasteiger partial charge in [-0.15, -0.1) is 0 Å². The van der Waals surface area contributed by atoms with E-state index in [1.165, 1.54) is 52.7 Å². The van der Waals surface area contributed by atoms with Crippen LogP contribution in [0, 0.1) is 10.1 Å². The maximum absolute atomic E-state index is 12.8. The highest BCUT2D eigenvalue weighted by Crippen LogP contribution is 2.30. The highest BCUT2D eigenvalue weighted by Gasteiger charge is 2.27. The minimum absolute atomic E-state index is 0.0572. The molecule has 2 aromatic carbocycles. The number of nitrogens with zero attached hydrogens (tertiary/aromatic N) is 1. The minimum atomic E-state index is -0.783. The normalized spacial score (nSPS) is 10.9. The number of ether oxygens (including phenoxy) is 4. The maximum atomic E-state index is 12.8. The number of ketones is 1. The molecular formula is C19H19NO7. The predicted molar refractivity (Wildman–Crippen MR) is 98.4 cm³/mol. The zero-order valence-corrected chi connectivity index (χ0v) is 15.3. The molecular weight excluding hydrogens is 354 g/mol. The van der Waals surface area contributed by atoms with Gasteiger partial charge in [0.2, 0.25) is 0 Å². The van der Waals surface area contributed by atoms with E-state index in [1.807, 2.05) is 0 Å². The minimum Gasteiger partial charge on any atom is -0.497 e. The smallest absolute Gasteiger partial charge is 0.317 e. The molecule has 0 aliphatic heterocycles. The first-order valence-electron chi connectivity index (χ1n) is 7.80. The zero-order chi connectivity index (χ0) is 20.0. The largest absolute Gasteiger partial charge is 0.497 e. The van der Waals surface area contributed by atoms with Crippen LogP contribution in [0.25, 0.3) is 6.08 Å². The molecule has 0 unspecified atom stereocenters. The number of nitro groups is 1. The van der Waals surface area contributed by atoms with E-state index in [2.05, 4.69) is 0 Å². The maximum Gasteiger partial charge on any atom is 0.317 e. The molecule has 0 radical (unpaired) electrons. The lowest BCUT2D eigenvalue weighted by atomic mass is 10.0. The summed E-state index contributed by atoms with van der Waals surface area (Å²) in [6.07, 6.45) is 1.17. The number of hydrogen-bond acceptors (Lipinski definition) is 7. The van der Waals surface area contributed by atoms with E-state index in [4.69, 9.17) is 18.9 Å². The van der Waals surface area contributed by atoms with Crippen LogP contribution in [0.5, 0.6) is 23.0 Å². The Balaban J connectivity index is 2.50. The van der Waals surface area contributed by atoms with Crippen molar-refractivity contribution >= 4 is 11.9 Å². The van der Waals surface area contributed by atoms with Gasteiger partial charge in [0, 0.05) is 12.1 Å². The van der Waals surface area contributed by atoms with E-state index in [9.17, 15) is 14.9 Å². The van der Waals surface area contributed by atoms with E-state index in [0.717, 1.165) is 0 Å². The van der Waals surface area contributed by atoms with Gasteiger partial charge in [0.05, 0.1) is 38.9 Å². The Morgan fingerprint density at radius 1 is 0.889 bits per heavy atom. The monoisotopic (exact) mass is 373 g/mol. The lowest BCUT2D eigenvalue weighted by Gasteiger charge is -2.09.